The van der Waals surface area contributed by atoms with Crippen LogP contribution in [-0.4, -0.2) is 18.9 Å². The number of carbonyl (C=O) groups excluding carboxylic acids is 2. The van der Waals surface area contributed by atoms with Crippen LogP contribution < -0.4 is 15.8 Å². The fraction of sp³-hybridized carbons (Fsp3) is 0.176. The van der Waals surface area contributed by atoms with Gasteiger partial charge >= 0.3 is 0 Å². The summed E-state index contributed by atoms with van der Waals surface area (Å²) in [6.45, 7) is 0. The Hall–Kier alpha value is -2.82. The van der Waals surface area contributed by atoms with Crippen molar-refractivity contribution in [1.82, 2.24) is 5.32 Å². The maximum absolute atomic E-state index is 12.2. The van der Waals surface area contributed by atoms with Crippen LogP contribution in [0.25, 0.3) is 0 Å². The van der Waals surface area contributed by atoms with Gasteiger partial charge in [-0.1, -0.05) is 48.5 Å². The smallest absolute Gasteiger partial charge is 0.244 e. The first-order valence-corrected chi connectivity index (χ1v) is 6.87. The summed E-state index contributed by atoms with van der Waals surface area (Å²) in [6, 6.07) is 15.3. The molecule has 0 aromatic heterocycles. The molecule has 0 saturated heterocycles. The molecule has 0 aliphatic rings. The summed E-state index contributed by atoms with van der Waals surface area (Å²) in [7, 11) is 1.55. The molecule has 0 spiro atoms. The Bertz CT molecular complexity index is 656. The van der Waals surface area contributed by atoms with E-state index in [0.29, 0.717) is 11.3 Å². The molecule has 2 aromatic rings. The Balaban J connectivity index is 2.11. The minimum atomic E-state index is -0.844. The quantitative estimate of drug-likeness (QED) is 0.849. The molecule has 0 aliphatic heterocycles. The Morgan fingerprint density at radius 1 is 1.09 bits per heavy atom. The van der Waals surface area contributed by atoms with E-state index in [-0.39, 0.29) is 12.3 Å². The van der Waals surface area contributed by atoms with Gasteiger partial charge in [-0.05, 0) is 11.6 Å². The molecule has 5 nitrogen and oxygen atoms in total. The van der Waals surface area contributed by atoms with Crippen molar-refractivity contribution in [1.29, 1.82) is 0 Å². The van der Waals surface area contributed by atoms with Crippen molar-refractivity contribution in [3.8, 4) is 5.75 Å². The normalized spacial score (nSPS) is 11.5. The fourth-order valence-electron chi connectivity index (χ4n) is 2.20. The van der Waals surface area contributed by atoms with Gasteiger partial charge in [-0.15, -0.1) is 0 Å². The third-order valence-electron chi connectivity index (χ3n) is 3.27. The largest absolute Gasteiger partial charge is 0.496 e. The molecule has 0 saturated carbocycles. The number of carbonyl (C=O) groups is 2. The number of hydrogen-bond donors (Lipinski definition) is 2. The van der Waals surface area contributed by atoms with E-state index in [9.17, 15) is 9.59 Å². The molecule has 5 heteroatoms. The Labute approximate surface area is 129 Å². The van der Waals surface area contributed by atoms with E-state index in [1.807, 2.05) is 18.2 Å². The van der Waals surface area contributed by atoms with Crippen molar-refractivity contribution < 1.29 is 14.3 Å². The maximum Gasteiger partial charge on any atom is 0.244 e. The first kappa shape index (κ1) is 15.6. The van der Waals surface area contributed by atoms with E-state index in [1.54, 1.807) is 43.5 Å². The van der Waals surface area contributed by atoms with Crippen LogP contribution in [0.5, 0.6) is 5.75 Å². The van der Waals surface area contributed by atoms with Gasteiger partial charge in [0.15, 0.2) is 0 Å². The first-order valence-electron chi connectivity index (χ1n) is 6.87. The van der Waals surface area contributed by atoms with E-state index in [2.05, 4.69) is 5.32 Å². The number of nitrogens with two attached hydrogens (primary N) is 1. The molecule has 22 heavy (non-hydrogen) atoms. The van der Waals surface area contributed by atoms with Gasteiger partial charge in [0.25, 0.3) is 0 Å². The van der Waals surface area contributed by atoms with Crippen molar-refractivity contribution >= 4 is 11.8 Å². The molecule has 2 amide bonds. The van der Waals surface area contributed by atoms with Gasteiger partial charge in [-0.2, -0.15) is 0 Å². The van der Waals surface area contributed by atoms with Gasteiger partial charge in [0, 0.05) is 5.56 Å². The van der Waals surface area contributed by atoms with Crippen molar-refractivity contribution in [2.75, 3.05) is 7.11 Å². The Kier molecular flexibility index (Phi) is 5.14. The second kappa shape index (κ2) is 7.26. The molecular formula is C17H18N2O3. The third kappa shape index (κ3) is 3.85. The van der Waals surface area contributed by atoms with Crippen LogP contribution in [-0.2, 0) is 16.0 Å². The van der Waals surface area contributed by atoms with Gasteiger partial charge in [0.05, 0.1) is 13.5 Å². The maximum atomic E-state index is 12.2. The lowest BCUT2D eigenvalue weighted by Crippen LogP contribution is -2.38. The van der Waals surface area contributed by atoms with E-state index < -0.39 is 11.9 Å². The molecule has 0 fully saturated rings. The van der Waals surface area contributed by atoms with Crippen LogP contribution in [0.1, 0.15) is 17.2 Å². The standard InChI is InChI=1S/C17H18N2O3/c1-22-14-10-6-5-9-13(14)11-15(20)19-16(17(18)21)12-7-3-2-4-8-12/h2-10,16H,11H2,1H3,(H2,18,21)(H,19,20)/t16-/m1/s1. The molecule has 1 atom stereocenters. The lowest BCUT2D eigenvalue weighted by molar-refractivity contribution is -0.127. The number of amides is 2. The summed E-state index contributed by atoms with van der Waals surface area (Å²) in [5, 5.41) is 2.66. The van der Waals surface area contributed by atoms with Crippen LogP contribution >= 0.6 is 0 Å². The molecular weight excluding hydrogens is 280 g/mol. The zero-order chi connectivity index (χ0) is 15.9. The van der Waals surface area contributed by atoms with Crippen molar-refractivity contribution in [3.05, 3.63) is 65.7 Å². The van der Waals surface area contributed by atoms with Gasteiger partial charge < -0.3 is 15.8 Å². The third-order valence-corrected chi connectivity index (χ3v) is 3.27. The summed E-state index contributed by atoms with van der Waals surface area (Å²) in [5.74, 6) is -0.260. The van der Waals surface area contributed by atoms with Gasteiger partial charge in [-0.3, -0.25) is 9.59 Å². The number of primary amides is 1. The van der Waals surface area contributed by atoms with Crippen molar-refractivity contribution in [2.24, 2.45) is 5.73 Å². The molecule has 0 radical (unpaired) electrons. The van der Waals surface area contributed by atoms with Crippen molar-refractivity contribution in [2.45, 2.75) is 12.5 Å². The number of rotatable bonds is 6. The summed E-state index contributed by atoms with van der Waals surface area (Å²) < 4.78 is 5.21. The average molecular weight is 298 g/mol. The zero-order valence-corrected chi connectivity index (χ0v) is 12.3. The minimum Gasteiger partial charge on any atom is -0.496 e. The molecule has 0 aliphatic carbocycles. The number of para-hydroxylation sites is 1. The lowest BCUT2D eigenvalue weighted by atomic mass is 10.1. The highest BCUT2D eigenvalue weighted by Gasteiger charge is 2.20. The Morgan fingerprint density at radius 2 is 1.73 bits per heavy atom. The SMILES string of the molecule is COc1ccccc1CC(=O)N[C@@H](C(N)=O)c1ccccc1. The second-order valence-corrected chi connectivity index (χ2v) is 4.80. The Morgan fingerprint density at radius 3 is 2.36 bits per heavy atom. The van der Waals surface area contributed by atoms with Crippen LogP contribution in [0.2, 0.25) is 0 Å². The molecule has 0 unspecified atom stereocenters. The van der Waals surface area contributed by atoms with E-state index in [1.165, 1.54) is 0 Å². The summed E-state index contributed by atoms with van der Waals surface area (Å²) in [5.41, 5.74) is 6.79. The minimum absolute atomic E-state index is 0.112. The number of methoxy groups -OCH3 is 1. The number of nitrogens with one attached hydrogen (secondary N) is 1. The molecule has 2 rings (SSSR count). The van der Waals surface area contributed by atoms with E-state index >= 15 is 0 Å². The number of benzene rings is 2. The highest BCUT2D eigenvalue weighted by atomic mass is 16.5. The van der Waals surface area contributed by atoms with Crippen molar-refractivity contribution in [3.63, 3.8) is 0 Å². The van der Waals surface area contributed by atoms with Gasteiger partial charge in [0.2, 0.25) is 11.8 Å². The second-order valence-electron chi connectivity index (χ2n) is 4.80. The molecule has 0 heterocycles. The van der Waals surface area contributed by atoms with Crippen LogP contribution in [0.3, 0.4) is 0 Å². The molecule has 114 valence electrons. The monoisotopic (exact) mass is 298 g/mol. The number of hydrogen-bond acceptors (Lipinski definition) is 3. The fourth-order valence-corrected chi connectivity index (χ4v) is 2.20. The lowest BCUT2D eigenvalue weighted by Gasteiger charge is -2.16. The predicted octanol–water partition coefficient (Wildman–Crippen LogP) is 1.58. The highest BCUT2D eigenvalue weighted by Crippen LogP contribution is 2.18. The van der Waals surface area contributed by atoms with Gasteiger partial charge in [0.1, 0.15) is 11.8 Å². The van der Waals surface area contributed by atoms with E-state index in [0.717, 1.165) is 5.56 Å². The molecule has 2 aromatic carbocycles. The molecule has 0 bridgehead atoms. The number of ether oxygens (including phenoxy) is 1. The predicted molar refractivity (Wildman–Crippen MR) is 83.2 cm³/mol. The first-order chi connectivity index (χ1) is 10.6. The van der Waals surface area contributed by atoms with Gasteiger partial charge in [-0.25, -0.2) is 0 Å². The summed E-state index contributed by atoms with van der Waals surface area (Å²) >= 11 is 0. The molecule has 3 N–H and O–H groups in total. The van der Waals surface area contributed by atoms with Crippen LogP contribution in [0, 0.1) is 0 Å². The van der Waals surface area contributed by atoms with Crippen LogP contribution in [0.4, 0.5) is 0 Å². The van der Waals surface area contributed by atoms with E-state index in [4.69, 9.17) is 10.5 Å². The summed E-state index contributed by atoms with van der Waals surface area (Å²) in [4.78, 5) is 23.8. The average Bonchev–Trinajstić information content (AvgIpc) is 2.53. The van der Waals surface area contributed by atoms with Crippen LogP contribution in [0.15, 0.2) is 54.6 Å². The topological polar surface area (TPSA) is 81.4 Å². The zero-order valence-electron chi connectivity index (χ0n) is 12.3. The highest BCUT2D eigenvalue weighted by molar-refractivity contribution is 5.88. The summed E-state index contributed by atoms with van der Waals surface area (Å²) in [6.07, 6.45) is 0.112.